The molecular weight excluding hydrogens is 404 g/mol. The van der Waals surface area contributed by atoms with Gasteiger partial charge in [0.15, 0.2) is 0 Å². The fourth-order valence-electron chi connectivity index (χ4n) is 4.34. The lowest BCUT2D eigenvalue weighted by atomic mass is 10.1. The quantitative estimate of drug-likeness (QED) is 0.296. The molecule has 4 aromatic rings. The first kappa shape index (κ1) is 20.4. The average molecular weight is 431 g/mol. The van der Waals surface area contributed by atoms with E-state index in [-0.39, 0.29) is 0 Å². The van der Waals surface area contributed by atoms with E-state index < -0.39 is 10.0 Å². The van der Waals surface area contributed by atoms with Crippen molar-refractivity contribution in [1.82, 2.24) is 0 Å². The normalized spacial score (nSPS) is 13.9. The third-order valence-corrected chi connectivity index (χ3v) is 9.75. The molecule has 0 radical (unpaired) electrons. The standard InChI is InChI=1S/C31H26S/c1-2-7-15-26(14-6-1)27-22-24-31(25-23-27)32(28-16-8-3-9-17-28,29-18-10-4-11-19-29)30-20-12-5-13-21-30/h1-6,8-25H,7H2. The highest BCUT2D eigenvalue weighted by Crippen LogP contribution is 2.73. The Morgan fingerprint density at radius 2 is 0.938 bits per heavy atom. The summed E-state index contributed by atoms with van der Waals surface area (Å²) in [4.78, 5) is 5.40. The number of hydrogen-bond acceptors (Lipinski definition) is 0. The van der Waals surface area contributed by atoms with E-state index >= 15 is 0 Å². The van der Waals surface area contributed by atoms with Crippen LogP contribution in [0, 0.1) is 0 Å². The van der Waals surface area contributed by atoms with Crippen LogP contribution in [0.2, 0.25) is 0 Å². The molecule has 0 atom stereocenters. The number of rotatable bonds is 5. The minimum atomic E-state index is -1.62. The van der Waals surface area contributed by atoms with Gasteiger partial charge >= 0.3 is 0 Å². The summed E-state index contributed by atoms with van der Waals surface area (Å²) < 4.78 is 0. The first-order valence-electron chi connectivity index (χ1n) is 11.0. The van der Waals surface area contributed by atoms with Gasteiger partial charge in [0.05, 0.1) is 0 Å². The molecule has 0 aliphatic heterocycles. The predicted octanol–water partition coefficient (Wildman–Crippen LogP) is 8.93. The molecule has 0 fully saturated rings. The largest absolute Gasteiger partial charge is 0.133 e. The zero-order valence-electron chi connectivity index (χ0n) is 18.0. The van der Waals surface area contributed by atoms with E-state index in [1.165, 1.54) is 30.7 Å². The Morgan fingerprint density at radius 1 is 0.469 bits per heavy atom. The molecule has 5 rings (SSSR count). The molecule has 0 nitrogen and oxygen atoms in total. The van der Waals surface area contributed by atoms with Crippen molar-refractivity contribution in [3.05, 3.63) is 151 Å². The van der Waals surface area contributed by atoms with Gasteiger partial charge in [-0.15, -0.1) is 10.0 Å². The highest BCUT2D eigenvalue weighted by atomic mass is 32.3. The fourth-order valence-corrected chi connectivity index (χ4v) is 8.21. The molecule has 1 heteroatoms. The fraction of sp³-hybridized carbons (Fsp3) is 0.0323. The third kappa shape index (κ3) is 3.77. The highest BCUT2D eigenvalue weighted by molar-refractivity contribution is 8.34. The minimum Gasteiger partial charge on any atom is -0.133 e. The summed E-state index contributed by atoms with van der Waals surface area (Å²) in [5, 5.41) is 0. The van der Waals surface area contributed by atoms with Crippen molar-refractivity contribution in [3.63, 3.8) is 0 Å². The molecule has 1 aliphatic rings. The van der Waals surface area contributed by atoms with Gasteiger partial charge in [-0.2, -0.15) is 0 Å². The van der Waals surface area contributed by atoms with E-state index in [4.69, 9.17) is 0 Å². The van der Waals surface area contributed by atoms with Crippen LogP contribution in [-0.2, 0) is 0 Å². The van der Waals surface area contributed by atoms with Crippen LogP contribution >= 0.6 is 10.0 Å². The second-order valence-electron chi connectivity index (χ2n) is 7.76. The predicted molar refractivity (Wildman–Crippen MR) is 137 cm³/mol. The molecule has 0 spiro atoms. The Kier molecular flexibility index (Phi) is 5.91. The molecule has 0 heterocycles. The molecule has 4 aromatic carbocycles. The van der Waals surface area contributed by atoms with E-state index in [2.05, 4.69) is 146 Å². The van der Waals surface area contributed by atoms with Crippen molar-refractivity contribution in [2.24, 2.45) is 0 Å². The van der Waals surface area contributed by atoms with Crippen LogP contribution in [0.15, 0.2) is 165 Å². The summed E-state index contributed by atoms with van der Waals surface area (Å²) in [6.07, 6.45) is 11.9. The van der Waals surface area contributed by atoms with Gasteiger partial charge in [0.2, 0.25) is 0 Å². The van der Waals surface area contributed by atoms with Crippen molar-refractivity contribution < 1.29 is 0 Å². The van der Waals surface area contributed by atoms with E-state index in [1.807, 2.05) is 0 Å². The number of allylic oxidation sites excluding steroid dienone is 6. The second kappa shape index (κ2) is 9.30. The van der Waals surface area contributed by atoms with Crippen LogP contribution in [0.3, 0.4) is 0 Å². The molecule has 0 unspecified atom stereocenters. The van der Waals surface area contributed by atoms with E-state index in [1.54, 1.807) is 0 Å². The molecule has 0 N–H and O–H groups in total. The molecular formula is C31H26S. The zero-order valence-corrected chi connectivity index (χ0v) is 18.8. The molecule has 0 saturated heterocycles. The van der Waals surface area contributed by atoms with E-state index in [0.29, 0.717) is 0 Å². The van der Waals surface area contributed by atoms with Gasteiger partial charge in [-0.25, -0.2) is 0 Å². The minimum absolute atomic E-state index is 0.970. The Balaban J connectivity index is 1.74. The summed E-state index contributed by atoms with van der Waals surface area (Å²) in [6, 6.07) is 42.2. The number of hydrogen-bond donors (Lipinski definition) is 0. The topological polar surface area (TPSA) is 0 Å². The molecule has 0 amide bonds. The summed E-state index contributed by atoms with van der Waals surface area (Å²) in [7, 11) is -1.62. The maximum absolute atomic E-state index is 2.34. The summed E-state index contributed by atoms with van der Waals surface area (Å²) >= 11 is 0. The second-order valence-corrected chi connectivity index (χ2v) is 10.9. The summed E-state index contributed by atoms with van der Waals surface area (Å²) in [5.41, 5.74) is 2.54. The third-order valence-electron chi connectivity index (χ3n) is 5.83. The zero-order chi connectivity index (χ0) is 21.6. The lowest BCUT2D eigenvalue weighted by Gasteiger charge is -2.42. The highest BCUT2D eigenvalue weighted by Gasteiger charge is 2.32. The SMILES string of the molecule is C1=CCC=C(c2ccc(S(c3ccccc3)(c3ccccc3)c3ccccc3)cc2)C=C1. The first-order chi connectivity index (χ1) is 15.9. The van der Waals surface area contributed by atoms with Crippen LogP contribution < -0.4 is 0 Å². The van der Waals surface area contributed by atoms with Crippen molar-refractivity contribution in [2.75, 3.05) is 0 Å². The molecule has 0 bridgehead atoms. The maximum Gasteiger partial charge on any atom is 0.00233 e. The summed E-state index contributed by atoms with van der Waals surface area (Å²) in [6.45, 7) is 0. The van der Waals surface area contributed by atoms with E-state index in [0.717, 1.165) is 6.42 Å². The molecule has 0 aromatic heterocycles. The van der Waals surface area contributed by atoms with Gasteiger partial charge in [-0.05, 0) is 66.1 Å². The van der Waals surface area contributed by atoms with Gasteiger partial charge in [-0.1, -0.05) is 97.1 Å². The van der Waals surface area contributed by atoms with Crippen molar-refractivity contribution in [2.45, 2.75) is 26.0 Å². The lowest BCUT2D eigenvalue weighted by molar-refractivity contribution is 1.24. The van der Waals surface area contributed by atoms with Crippen LogP contribution in [-0.4, -0.2) is 0 Å². The molecule has 156 valence electrons. The number of benzene rings is 4. The lowest BCUT2D eigenvalue weighted by Crippen LogP contribution is -2.05. The van der Waals surface area contributed by atoms with E-state index in [9.17, 15) is 0 Å². The van der Waals surface area contributed by atoms with Crippen LogP contribution in [0.1, 0.15) is 12.0 Å². The Bertz CT molecular complexity index is 1150. The Labute approximate surface area is 192 Å². The molecule has 0 saturated carbocycles. The molecule has 1 aliphatic carbocycles. The Hall–Kier alpha value is -3.55. The average Bonchev–Trinajstić information content (AvgIpc) is 3.17. The van der Waals surface area contributed by atoms with Gasteiger partial charge in [-0.3, -0.25) is 0 Å². The van der Waals surface area contributed by atoms with Gasteiger partial charge < -0.3 is 0 Å². The van der Waals surface area contributed by atoms with Gasteiger partial charge in [0.1, 0.15) is 0 Å². The van der Waals surface area contributed by atoms with Crippen LogP contribution in [0.4, 0.5) is 0 Å². The molecule has 32 heavy (non-hydrogen) atoms. The monoisotopic (exact) mass is 430 g/mol. The van der Waals surface area contributed by atoms with Crippen molar-refractivity contribution in [3.8, 4) is 0 Å². The van der Waals surface area contributed by atoms with Gasteiger partial charge in [0, 0.05) is 19.6 Å². The first-order valence-corrected chi connectivity index (χ1v) is 12.6. The van der Waals surface area contributed by atoms with Gasteiger partial charge in [0.25, 0.3) is 0 Å². The summed E-state index contributed by atoms with van der Waals surface area (Å²) in [5.74, 6) is 0. The van der Waals surface area contributed by atoms with Crippen LogP contribution in [0.25, 0.3) is 5.57 Å². The van der Waals surface area contributed by atoms with Crippen molar-refractivity contribution >= 4 is 15.6 Å². The Morgan fingerprint density at radius 3 is 1.44 bits per heavy atom. The van der Waals surface area contributed by atoms with Crippen LogP contribution in [0.5, 0.6) is 0 Å². The van der Waals surface area contributed by atoms with Crippen molar-refractivity contribution in [1.29, 1.82) is 0 Å². The smallest absolute Gasteiger partial charge is 0.00233 e. The maximum atomic E-state index is 2.34.